The van der Waals surface area contributed by atoms with E-state index < -0.39 is 0 Å². The predicted molar refractivity (Wildman–Crippen MR) is 58.9 cm³/mol. The maximum Gasteiger partial charge on any atom is 0.149 e. The molecule has 0 bridgehead atoms. The van der Waals surface area contributed by atoms with Crippen LogP contribution in [0, 0.1) is 5.92 Å². The Balaban J connectivity index is 2.39. The van der Waals surface area contributed by atoms with Gasteiger partial charge in [0.05, 0.1) is 0 Å². The molecule has 74 valence electrons. The van der Waals surface area contributed by atoms with Crippen LogP contribution in [0.25, 0.3) is 0 Å². The Morgan fingerprint density at radius 2 is 2.21 bits per heavy atom. The van der Waals surface area contributed by atoms with Crippen LogP contribution in [0.3, 0.4) is 0 Å². The number of carbonyl (C=O) groups excluding carboxylic acids is 1. The minimum Gasteiger partial charge on any atom is -0.298 e. The van der Waals surface area contributed by atoms with Crippen LogP contribution in [0.15, 0.2) is 33.8 Å². The normalized spacial score (nSPS) is 17.9. The monoisotopic (exact) mass is 190 g/mol. The summed E-state index contributed by atoms with van der Waals surface area (Å²) in [7, 11) is 0. The van der Waals surface area contributed by atoms with Crippen LogP contribution in [-0.2, 0) is 4.79 Å². The van der Waals surface area contributed by atoms with Gasteiger partial charge in [-0.1, -0.05) is 18.2 Å². The maximum atomic E-state index is 10.4. The molecule has 0 aromatic rings. The summed E-state index contributed by atoms with van der Waals surface area (Å²) in [6.45, 7) is 2.40. The van der Waals surface area contributed by atoms with Crippen LogP contribution in [0.2, 0.25) is 0 Å². The van der Waals surface area contributed by atoms with E-state index in [2.05, 4.69) is 9.98 Å². The highest BCUT2D eigenvalue weighted by molar-refractivity contribution is 5.85. The molecule has 0 amide bonds. The smallest absolute Gasteiger partial charge is 0.149 e. The van der Waals surface area contributed by atoms with Crippen LogP contribution >= 0.6 is 0 Å². The van der Waals surface area contributed by atoms with Gasteiger partial charge in [0, 0.05) is 23.9 Å². The van der Waals surface area contributed by atoms with Crippen molar-refractivity contribution in [1.82, 2.24) is 0 Å². The zero-order valence-corrected chi connectivity index (χ0v) is 8.26. The molecule has 0 unspecified atom stereocenters. The Labute approximate surface area is 84.0 Å². The molecular weight excluding hydrogens is 176 g/mol. The molecule has 1 heterocycles. The molecule has 0 aromatic heterocycles. The van der Waals surface area contributed by atoms with E-state index >= 15 is 0 Å². The van der Waals surface area contributed by atoms with Crippen LogP contribution in [0.4, 0.5) is 0 Å². The van der Waals surface area contributed by atoms with Gasteiger partial charge in [-0.15, -0.1) is 0 Å². The van der Waals surface area contributed by atoms with Crippen molar-refractivity contribution in [2.75, 3.05) is 6.67 Å². The molecule has 0 saturated heterocycles. The fourth-order valence-electron chi connectivity index (χ4n) is 1.14. The lowest BCUT2D eigenvalue weighted by Crippen LogP contribution is -2.06. The Bertz CT molecular complexity index is 288. The number of aliphatic imine (C=N–C) groups is 2. The minimum absolute atomic E-state index is 0.282. The van der Waals surface area contributed by atoms with Gasteiger partial charge in [-0.25, -0.2) is 0 Å². The van der Waals surface area contributed by atoms with E-state index in [4.69, 9.17) is 0 Å². The average Bonchev–Trinajstić information content (AvgIpc) is 2.26. The third kappa shape index (κ3) is 3.47. The lowest BCUT2D eigenvalue weighted by atomic mass is 10.1. The number of aldehydes is 1. The first-order valence-electron chi connectivity index (χ1n) is 4.64. The standard InChI is InChI=1S/C11H14N2O/c1-2-10(8-14)4-3-5-11-6-12-9-13-7-11/h2-4,6-8,11H,5,9H2,1H3. The second-order valence-corrected chi connectivity index (χ2v) is 3.01. The molecule has 0 N–H and O–H groups in total. The molecule has 0 fully saturated rings. The van der Waals surface area contributed by atoms with E-state index in [1.54, 1.807) is 6.08 Å². The second-order valence-electron chi connectivity index (χ2n) is 3.01. The molecule has 0 aliphatic carbocycles. The number of carbonyl (C=O) groups is 1. The van der Waals surface area contributed by atoms with Crippen molar-refractivity contribution in [3.63, 3.8) is 0 Å². The minimum atomic E-state index is 0.282. The third-order valence-electron chi connectivity index (χ3n) is 1.95. The molecule has 1 aliphatic rings. The van der Waals surface area contributed by atoms with Gasteiger partial charge in [0.2, 0.25) is 0 Å². The summed E-state index contributed by atoms with van der Waals surface area (Å²) in [5.74, 6) is 0.282. The largest absolute Gasteiger partial charge is 0.298 e. The first kappa shape index (κ1) is 10.6. The van der Waals surface area contributed by atoms with Crippen molar-refractivity contribution in [2.45, 2.75) is 13.3 Å². The molecule has 14 heavy (non-hydrogen) atoms. The Kier molecular flexibility index (Phi) is 4.55. The number of hydrogen-bond acceptors (Lipinski definition) is 3. The van der Waals surface area contributed by atoms with Crippen molar-refractivity contribution in [3.05, 3.63) is 23.8 Å². The van der Waals surface area contributed by atoms with Crippen molar-refractivity contribution in [3.8, 4) is 0 Å². The van der Waals surface area contributed by atoms with E-state index in [9.17, 15) is 4.79 Å². The highest BCUT2D eigenvalue weighted by Crippen LogP contribution is 2.03. The quantitative estimate of drug-likeness (QED) is 0.378. The number of rotatable bonds is 4. The molecule has 0 atom stereocenters. The maximum absolute atomic E-state index is 10.4. The summed E-state index contributed by atoms with van der Waals surface area (Å²) in [4.78, 5) is 18.6. The van der Waals surface area contributed by atoms with E-state index in [1.807, 2.05) is 31.5 Å². The topological polar surface area (TPSA) is 41.8 Å². The van der Waals surface area contributed by atoms with Gasteiger partial charge in [-0.05, 0) is 13.3 Å². The Hall–Kier alpha value is -1.51. The molecule has 1 aliphatic heterocycles. The molecular formula is C11H14N2O. The van der Waals surface area contributed by atoms with Gasteiger partial charge < -0.3 is 0 Å². The second kappa shape index (κ2) is 6.02. The van der Waals surface area contributed by atoms with Gasteiger partial charge in [0.1, 0.15) is 13.0 Å². The van der Waals surface area contributed by atoms with Crippen LogP contribution in [-0.4, -0.2) is 25.4 Å². The highest BCUT2D eigenvalue weighted by atomic mass is 16.1. The van der Waals surface area contributed by atoms with E-state index in [1.165, 1.54) is 0 Å². The summed E-state index contributed by atoms with van der Waals surface area (Å²) >= 11 is 0. The molecule has 0 radical (unpaired) electrons. The third-order valence-corrected chi connectivity index (χ3v) is 1.95. The SMILES string of the molecule is CC=C(C=O)C=CCC1C=NCN=C1. The lowest BCUT2D eigenvalue weighted by Gasteiger charge is -2.05. The molecule has 0 spiro atoms. The molecule has 1 rings (SSSR count). The van der Waals surface area contributed by atoms with Crippen LogP contribution in [0.1, 0.15) is 13.3 Å². The molecule has 3 heteroatoms. The lowest BCUT2D eigenvalue weighted by molar-refractivity contribution is -0.104. The summed E-state index contributed by atoms with van der Waals surface area (Å²) < 4.78 is 0. The molecule has 0 saturated carbocycles. The summed E-state index contributed by atoms with van der Waals surface area (Å²) in [6.07, 6.45) is 11.1. The van der Waals surface area contributed by atoms with E-state index in [0.717, 1.165) is 12.7 Å². The predicted octanol–water partition coefficient (Wildman–Crippen LogP) is 1.81. The highest BCUT2D eigenvalue weighted by Gasteiger charge is 2.01. The van der Waals surface area contributed by atoms with Crippen molar-refractivity contribution in [1.29, 1.82) is 0 Å². The fourth-order valence-corrected chi connectivity index (χ4v) is 1.14. The summed E-state index contributed by atoms with van der Waals surface area (Å²) in [6, 6.07) is 0. The Morgan fingerprint density at radius 3 is 2.79 bits per heavy atom. The van der Waals surface area contributed by atoms with Gasteiger partial charge in [0.25, 0.3) is 0 Å². The van der Waals surface area contributed by atoms with Crippen molar-refractivity contribution >= 4 is 18.7 Å². The van der Waals surface area contributed by atoms with Crippen LogP contribution < -0.4 is 0 Å². The zero-order valence-electron chi connectivity index (χ0n) is 8.26. The zero-order chi connectivity index (χ0) is 10.2. The Morgan fingerprint density at radius 1 is 1.50 bits per heavy atom. The summed E-state index contributed by atoms with van der Waals surface area (Å²) in [5, 5.41) is 0. The number of nitrogens with zero attached hydrogens (tertiary/aromatic N) is 2. The fraction of sp³-hybridized carbons (Fsp3) is 0.364. The van der Waals surface area contributed by atoms with Gasteiger partial charge in [-0.3, -0.25) is 14.8 Å². The van der Waals surface area contributed by atoms with Crippen molar-refractivity contribution in [2.24, 2.45) is 15.9 Å². The molecule has 3 nitrogen and oxygen atoms in total. The van der Waals surface area contributed by atoms with Gasteiger partial charge >= 0.3 is 0 Å². The van der Waals surface area contributed by atoms with E-state index in [0.29, 0.717) is 12.2 Å². The van der Waals surface area contributed by atoms with Gasteiger partial charge in [0.15, 0.2) is 0 Å². The first-order chi connectivity index (χ1) is 6.86. The van der Waals surface area contributed by atoms with Crippen LogP contribution in [0.5, 0.6) is 0 Å². The average molecular weight is 190 g/mol. The molecule has 0 aromatic carbocycles. The van der Waals surface area contributed by atoms with Gasteiger partial charge in [-0.2, -0.15) is 0 Å². The van der Waals surface area contributed by atoms with E-state index in [-0.39, 0.29) is 5.92 Å². The number of allylic oxidation sites excluding steroid dienone is 4. The van der Waals surface area contributed by atoms with Crippen molar-refractivity contribution < 1.29 is 4.79 Å². The number of hydrogen-bond donors (Lipinski definition) is 0. The first-order valence-corrected chi connectivity index (χ1v) is 4.64. The summed E-state index contributed by atoms with van der Waals surface area (Å²) in [5.41, 5.74) is 0.703.